The Morgan fingerprint density at radius 3 is 2.64 bits per heavy atom. The number of hydrogen-bond acceptors (Lipinski definition) is 6. The van der Waals surface area contributed by atoms with Gasteiger partial charge in [0.05, 0.1) is 17.7 Å². The standard InChI is InChI=1S/C21H22N2O5/c1-12(24)15-7-8-23(18(26)10-15)19-16-9-14(11-22)5-6-17(16)28-21(3,4)20(19)27-13(2)25/h5-10,12,19-20,24H,1-4H3/t12?,19-,20+/m0/s1. The van der Waals surface area contributed by atoms with Crippen molar-refractivity contribution in [2.45, 2.75) is 51.5 Å². The van der Waals surface area contributed by atoms with Crippen molar-refractivity contribution < 1.29 is 19.4 Å². The van der Waals surface area contributed by atoms with Crippen LogP contribution in [-0.4, -0.2) is 27.3 Å². The number of fused-ring (bicyclic) bond motifs is 1. The van der Waals surface area contributed by atoms with E-state index in [2.05, 4.69) is 6.07 Å². The van der Waals surface area contributed by atoms with Gasteiger partial charge in [-0.2, -0.15) is 5.26 Å². The Balaban J connectivity index is 2.25. The summed E-state index contributed by atoms with van der Waals surface area (Å²) in [5, 5.41) is 19.0. The number of aliphatic hydroxyl groups excluding tert-OH is 1. The maximum Gasteiger partial charge on any atom is 0.303 e. The number of hydrogen-bond donors (Lipinski definition) is 1. The molecule has 1 aliphatic heterocycles. The van der Waals surface area contributed by atoms with Crippen LogP contribution < -0.4 is 10.3 Å². The normalized spacial score (nSPS) is 21.0. The second-order valence-corrected chi connectivity index (χ2v) is 7.43. The number of nitriles is 1. The van der Waals surface area contributed by atoms with Crippen LogP contribution >= 0.6 is 0 Å². The summed E-state index contributed by atoms with van der Waals surface area (Å²) >= 11 is 0. The highest BCUT2D eigenvalue weighted by molar-refractivity contribution is 5.66. The lowest BCUT2D eigenvalue weighted by molar-refractivity contribution is -0.163. The van der Waals surface area contributed by atoms with Gasteiger partial charge in [0.1, 0.15) is 17.4 Å². The van der Waals surface area contributed by atoms with Crippen molar-refractivity contribution in [2.24, 2.45) is 0 Å². The fourth-order valence-electron chi connectivity index (χ4n) is 3.50. The van der Waals surface area contributed by atoms with Gasteiger partial charge in [-0.25, -0.2) is 0 Å². The minimum Gasteiger partial charge on any atom is -0.484 e. The fourth-order valence-corrected chi connectivity index (χ4v) is 3.50. The molecule has 1 unspecified atom stereocenters. The van der Waals surface area contributed by atoms with Crippen LogP contribution in [-0.2, 0) is 9.53 Å². The van der Waals surface area contributed by atoms with Crippen molar-refractivity contribution >= 4 is 5.97 Å². The number of aromatic nitrogens is 1. The number of rotatable bonds is 3. The number of nitrogens with zero attached hydrogens (tertiary/aromatic N) is 2. The van der Waals surface area contributed by atoms with E-state index in [0.717, 1.165) is 0 Å². The molecule has 0 bridgehead atoms. The molecule has 1 aromatic carbocycles. The number of ether oxygens (including phenoxy) is 2. The van der Waals surface area contributed by atoms with Crippen LogP contribution in [0.15, 0.2) is 41.3 Å². The molecule has 0 saturated carbocycles. The van der Waals surface area contributed by atoms with Crippen LogP contribution in [0.4, 0.5) is 0 Å². The van der Waals surface area contributed by atoms with Crippen molar-refractivity contribution in [1.82, 2.24) is 4.57 Å². The van der Waals surface area contributed by atoms with E-state index in [4.69, 9.17) is 9.47 Å². The molecule has 2 aromatic rings. The molecule has 3 rings (SSSR count). The van der Waals surface area contributed by atoms with Crippen LogP contribution in [0.25, 0.3) is 0 Å². The summed E-state index contributed by atoms with van der Waals surface area (Å²) in [5.74, 6) is 0.0177. The summed E-state index contributed by atoms with van der Waals surface area (Å²) in [6.07, 6.45) is -0.0211. The third kappa shape index (κ3) is 3.51. The third-order valence-electron chi connectivity index (χ3n) is 4.85. The maximum atomic E-state index is 12.9. The van der Waals surface area contributed by atoms with E-state index in [0.29, 0.717) is 22.4 Å². The summed E-state index contributed by atoms with van der Waals surface area (Å²) < 4.78 is 13.1. The van der Waals surface area contributed by atoms with E-state index in [1.54, 1.807) is 51.2 Å². The Kier molecular flexibility index (Phi) is 5.01. The predicted octanol–water partition coefficient (Wildman–Crippen LogP) is 2.47. The van der Waals surface area contributed by atoms with E-state index >= 15 is 0 Å². The molecule has 0 spiro atoms. The highest BCUT2D eigenvalue weighted by Crippen LogP contribution is 2.43. The van der Waals surface area contributed by atoms with Crippen molar-refractivity contribution in [3.8, 4) is 11.8 Å². The van der Waals surface area contributed by atoms with Gasteiger partial charge in [0.25, 0.3) is 5.56 Å². The molecule has 0 amide bonds. The van der Waals surface area contributed by atoms with Crippen LogP contribution in [0.2, 0.25) is 0 Å². The maximum absolute atomic E-state index is 12.9. The Bertz CT molecular complexity index is 1020. The molecule has 28 heavy (non-hydrogen) atoms. The lowest BCUT2D eigenvalue weighted by Crippen LogP contribution is -2.54. The zero-order chi connectivity index (χ0) is 20.6. The molecular formula is C21H22N2O5. The van der Waals surface area contributed by atoms with E-state index in [9.17, 15) is 20.0 Å². The summed E-state index contributed by atoms with van der Waals surface area (Å²) in [7, 11) is 0. The highest BCUT2D eigenvalue weighted by Gasteiger charge is 2.47. The van der Waals surface area contributed by atoms with E-state index in [1.165, 1.54) is 17.6 Å². The average molecular weight is 382 g/mol. The number of carbonyl (C=O) groups is 1. The number of carbonyl (C=O) groups excluding carboxylic acids is 1. The molecule has 0 aliphatic carbocycles. The minimum absolute atomic E-state index is 0.355. The topological polar surface area (TPSA) is 102 Å². The Hall–Kier alpha value is -3.11. The van der Waals surface area contributed by atoms with Gasteiger partial charge in [-0.15, -0.1) is 0 Å². The van der Waals surface area contributed by atoms with Crippen LogP contribution in [0, 0.1) is 11.3 Å². The number of pyridine rings is 1. The summed E-state index contributed by atoms with van der Waals surface area (Å²) in [4.78, 5) is 24.6. The lowest BCUT2D eigenvalue weighted by Gasteiger charge is -2.44. The summed E-state index contributed by atoms with van der Waals surface area (Å²) in [5.41, 5.74) is 0.202. The van der Waals surface area contributed by atoms with Gasteiger partial charge in [-0.1, -0.05) is 0 Å². The van der Waals surface area contributed by atoms with Crippen LogP contribution in [0.1, 0.15) is 56.5 Å². The molecule has 2 heterocycles. The van der Waals surface area contributed by atoms with Gasteiger partial charge in [0.2, 0.25) is 0 Å². The number of esters is 1. The molecule has 7 nitrogen and oxygen atoms in total. The SMILES string of the molecule is CC(=O)O[C@@H]1[C@@H](n2ccc(C(C)O)cc2=O)c2cc(C#N)ccc2OC1(C)C. The van der Waals surface area contributed by atoms with E-state index in [-0.39, 0.29) is 5.56 Å². The zero-order valence-corrected chi connectivity index (χ0v) is 16.2. The first kappa shape index (κ1) is 19.6. The van der Waals surface area contributed by atoms with Gasteiger partial charge in [-0.3, -0.25) is 9.59 Å². The van der Waals surface area contributed by atoms with E-state index in [1.807, 2.05) is 0 Å². The number of aliphatic hydroxyl groups is 1. The first-order valence-electron chi connectivity index (χ1n) is 8.94. The summed E-state index contributed by atoms with van der Waals surface area (Å²) in [6.45, 7) is 6.44. The molecule has 146 valence electrons. The van der Waals surface area contributed by atoms with Crippen molar-refractivity contribution in [3.05, 3.63) is 63.6 Å². The smallest absolute Gasteiger partial charge is 0.303 e. The molecule has 0 fully saturated rings. The van der Waals surface area contributed by atoms with E-state index < -0.39 is 29.8 Å². The Morgan fingerprint density at radius 1 is 1.36 bits per heavy atom. The molecule has 1 aliphatic rings. The summed E-state index contributed by atoms with van der Waals surface area (Å²) in [6, 6.07) is 9.35. The monoisotopic (exact) mass is 382 g/mol. The third-order valence-corrected chi connectivity index (χ3v) is 4.85. The first-order chi connectivity index (χ1) is 13.1. The van der Waals surface area contributed by atoms with Gasteiger partial charge in [-0.05, 0) is 50.6 Å². The largest absolute Gasteiger partial charge is 0.484 e. The molecule has 7 heteroatoms. The van der Waals surface area contributed by atoms with Crippen molar-refractivity contribution in [3.63, 3.8) is 0 Å². The van der Waals surface area contributed by atoms with Crippen molar-refractivity contribution in [1.29, 1.82) is 5.26 Å². The van der Waals surface area contributed by atoms with Gasteiger partial charge in [0, 0.05) is 24.8 Å². The molecule has 3 atom stereocenters. The molecule has 1 aromatic heterocycles. The molecule has 0 radical (unpaired) electrons. The predicted molar refractivity (Wildman–Crippen MR) is 101 cm³/mol. The molecule has 0 saturated heterocycles. The fraction of sp³-hybridized carbons (Fsp3) is 0.381. The van der Waals surface area contributed by atoms with Crippen LogP contribution in [0.3, 0.4) is 0 Å². The second kappa shape index (κ2) is 7.13. The van der Waals surface area contributed by atoms with Gasteiger partial charge in [0.15, 0.2) is 6.10 Å². The van der Waals surface area contributed by atoms with Crippen molar-refractivity contribution in [2.75, 3.05) is 0 Å². The average Bonchev–Trinajstić information content (AvgIpc) is 2.62. The zero-order valence-electron chi connectivity index (χ0n) is 16.2. The minimum atomic E-state index is -0.917. The first-order valence-corrected chi connectivity index (χ1v) is 8.94. The molecular weight excluding hydrogens is 360 g/mol. The molecule has 1 N–H and O–H groups in total. The second-order valence-electron chi connectivity index (χ2n) is 7.43. The Labute approximate surface area is 162 Å². The van der Waals surface area contributed by atoms with Gasteiger partial charge < -0.3 is 19.1 Å². The number of benzene rings is 1. The highest BCUT2D eigenvalue weighted by atomic mass is 16.6. The van der Waals surface area contributed by atoms with Gasteiger partial charge >= 0.3 is 5.97 Å². The van der Waals surface area contributed by atoms with Crippen LogP contribution in [0.5, 0.6) is 5.75 Å². The Morgan fingerprint density at radius 2 is 2.07 bits per heavy atom. The quantitative estimate of drug-likeness (QED) is 0.819. The lowest BCUT2D eigenvalue weighted by atomic mass is 9.85.